The van der Waals surface area contributed by atoms with Crippen LogP contribution in [0.3, 0.4) is 0 Å². The molecule has 0 saturated carbocycles. The molecule has 3 aromatic rings. The van der Waals surface area contributed by atoms with Crippen molar-refractivity contribution in [3.8, 4) is 0 Å². The predicted molar refractivity (Wildman–Crippen MR) is 105 cm³/mol. The van der Waals surface area contributed by atoms with Crippen LogP contribution in [0.25, 0.3) is 11.1 Å². The van der Waals surface area contributed by atoms with Crippen LogP contribution in [0.4, 0.5) is 4.39 Å². The van der Waals surface area contributed by atoms with Crippen LogP contribution < -0.4 is 5.32 Å². The molecule has 0 atom stereocenters. The number of hydrogen-bond acceptors (Lipinski definition) is 5. The van der Waals surface area contributed by atoms with Crippen molar-refractivity contribution >= 4 is 45.9 Å². The number of carboxylic acid groups (broad SMARTS) is 1. The molecule has 0 radical (unpaired) electrons. The van der Waals surface area contributed by atoms with Gasteiger partial charge in [0.1, 0.15) is 5.82 Å². The number of rotatable bonds is 6. The number of nitrogens with zero attached hydrogens (tertiary/aromatic N) is 2. The second-order valence-corrected chi connectivity index (χ2v) is 7.03. The number of halogens is 2. The first-order valence-corrected chi connectivity index (χ1v) is 9.19. The van der Waals surface area contributed by atoms with Crippen LogP contribution in [0.5, 0.6) is 0 Å². The van der Waals surface area contributed by atoms with Crippen LogP contribution >= 0.6 is 22.9 Å². The molecule has 0 aliphatic heterocycles. The molecule has 1 aromatic heterocycles. The number of amides is 1. The molecule has 0 unspecified atom stereocenters. The summed E-state index contributed by atoms with van der Waals surface area (Å²) in [6.45, 7) is 0.230. The quantitative estimate of drug-likeness (QED) is 0.631. The van der Waals surface area contributed by atoms with Gasteiger partial charge < -0.3 is 10.4 Å². The Morgan fingerprint density at radius 2 is 1.71 bits per heavy atom. The molecule has 28 heavy (non-hydrogen) atoms. The van der Waals surface area contributed by atoms with Crippen LogP contribution in [-0.2, 0) is 6.54 Å². The lowest BCUT2D eigenvalue weighted by Gasteiger charge is -2.02. The maximum atomic E-state index is 12.9. The van der Waals surface area contributed by atoms with E-state index in [1.807, 2.05) is 0 Å². The molecule has 2 aromatic carbocycles. The molecule has 0 saturated heterocycles. The summed E-state index contributed by atoms with van der Waals surface area (Å²) < 4.78 is 12.9. The first-order valence-electron chi connectivity index (χ1n) is 7.99. The lowest BCUT2D eigenvalue weighted by molar-refractivity contribution is 0.0696. The molecule has 1 heterocycles. The second-order valence-electron chi connectivity index (χ2n) is 5.64. The molecule has 3 rings (SSSR count). The third-order valence-electron chi connectivity index (χ3n) is 3.64. The van der Waals surface area contributed by atoms with E-state index in [2.05, 4.69) is 15.5 Å². The summed E-state index contributed by atoms with van der Waals surface area (Å²) in [6, 6.07) is 12.0. The highest BCUT2D eigenvalue weighted by Gasteiger charge is 2.14. The van der Waals surface area contributed by atoms with Gasteiger partial charge in [0.25, 0.3) is 5.91 Å². The molecule has 0 aliphatic rings. The SMILES string of the molecule is O=C(O)c1ccc(/C=C(\Cl)c2nnc(C(=O)NCc3ccc(F)cc3)s2)cc1. The second kappa shape index (κ2) is 8.73. The van der Waals surface area contributed by atoms with Crippen molar-refractivity contribution in [3.63, 3.8) is 0 Å². The summed E-state index contributed by atoms with van der Waals surface area (Å²) in [5.74, 6) is -1.77. The lowest BCUT2D eigenvalue weighted by atomic mass is 10.1. The van der Waals surface area contributed by atoms with Crippen molar-refractivity contribution in [1.29, 1.82) is 0 Å². The standard InChI is InChI=1S/C19H13ClFN3O3S/c20-15(9-11-1-5-13(6-2-11)19(26)27)17-23-24-18(28-17)16(25)22-10-12-3-7-14(21)8-4-12/h1-9H,10H2,(H,22,25)(H,26,27)/b15-9-. The van der Waals surface area contributed by atoms with Gasteiger partial charge in [-0.2, -0.15) is 0 Å². The van der Waals surface area contributed by atoms with Gasteiger partial charge in [0, 0.05) is 6.54 Å². The van der Waals surface area contributed by atoms with Gasteiger partial charge >= 0.3 is 5.97 Å². The highest BCUT2D eigenvalue weighted by molar-refractivity contribution is 7.15. The van der Waals surface area contributed by atoms with E-state index in [0.29, 0.717) is 10.6 Å². The molecule has 1 amide bonds. The molecule has 6 nitrogen and oxygen atoms in total. The zero-order valence-electron chi connectivity index (χ0n) is 14.2. The average molecular weight is 418 g/mol. The van der Waals surface area contributed by atoms with E-state index in [-0.39, 0.29) is 28.0 Å². The summed E-state index contributed by atoms with van der Waals surface area (Å²) in [6.07, 6.45) is 1.61. The predicted octanol–water partition coefficient (Wildman–Crippen LogP) is 4.04. The monoisotopic (exact) mass is 417 g/mol. The number of aromatic carboxylic acids is 1. The third kappa shape index (κ3) is 4.99. The summed E-state index contributed by atoms with van der Waals surface area (Å²) in [4.78, 5) is 23.1. The van der Waals surface area contributed by atoms with Gasteiger partial charge in [-0.15, -0.1) is 10.2 Å². The first-order chi connectivity index (χ1) is 13.4. The van der Waals surface area contributed by atoms with E-state index < -0.39 is 11.9 Å². The van der Waals surface area contributed by atoms with Crippen LogP contribution in [0.1, 0.15) is 36.3 Å². The highest BCUT2D eigenvalue weighted by atomic mass is 35.5. The largest absolute Gasteiger partial charge is 0.478 e. The van der Waals surface area contributed by atoms with Crippen molar-refractivity contribution < 1.29 is 19.1 Å². The Labute approximate surface area is 168 Å². The fraction of sp³-hybridized carbons (Fsp3) is 0.0526. The number of hydrogen-bond donors (Lipinski definition) is 2. The number of aromatic nitrogens is 2. The van der Waals surface area contributed by atoms with Gasteiger partial charge in [-0.05, 0) is 41.5 Å². The topological polar surface area (TPSA) is 92.2 Å². The van der Waals surface area contributed by atoms with Crippen molar-refractivity contribution in [3.05, 3.63) is 81.1 Å². The Bertz CT molecular complexity index is 1030. The zero-order chi connectivity index (χ0) is 20.1. The van der Waals surface area contributed by atoms with Crippen molar-refractivity contribution in [2.24, 2.45) is 0 Å². The van der Waals surface area contributed by atoms with Crippen LogP contribution in [0.2, 0.25) is 0 Å². The Hall–Kier alpha value is -3.10. The number of benzene rings is 2. The maximum Gasteiger partial charge on any atom is 0.335 e. The number of carbonyl (C=O) groups is 2. The van der Waals surface area contributed by atoms with E-state index >= 15 is 0 Å². The highest BCUT2D eigenvalue weighted by Crippen LogP contribution is 2.25. The van der Waals surface area contributed by atoms with Gasteiger partial charge in [-0.3, -0.25) is 4.79 Å². The van der Waals surface area contributed by atoms with Gasteiger partial charge in [-0.25, -0.2) is 9.18 Å². The Morgan fingerprint density at radius 3 is 2.36 bits per heavy atom. The van der Waals surface area contributed by atoms with E-state index in [4.69, 9.17) is 16.7 Å². The molecular weight excluding hydrogens is 405 g/mol. The number of carboxylic acids is 1. The normalized spacial score (nSPS) is 11.3. The minimum absolute atomic E-state index is 0.143. The molecule has 0 bridgehead atoms. The minimum Gasteiger partial charge on any atom is -0.478 e. The third-order valence-corrected chi connectivity index (χ3v) is 5.00. The minimum atomic E-state index is -1.01. The zero-order valence-corrected chi connectivity index (χ0v) is 15.8. The molecular formula is C19H13ClFN3O3S. The Balaban J connectivity index is 1.65. The molecule has 142 valence electrons. The summed E-state index contributed by atoms with van der Waals surface area (Å²) >= 11 is 7.26. The molecule has 0 aliphatic carbocycles. The number of nitrogens with one attached hydrogen (secondary N) is 1. The molecule has 9 heteroatoms. The van der Waals surface area contributed by atoms with E-state index in [0.717, 1.165) is 16.9 Å². The Kier molecular flexibility index (Phi) is 6.13. The average Bonchev–Trinajstić information content (AvgIpc) is 3.18. The molecule has 0 fully saturated rings. The Morgan fingerprint density at radius 1 is 1.07 bits per heavy atom. The summed E-state index contributed by atoms with van der Waals surface area (Å²) in [5.41, 5.74) is 1.61. The lowest BCUT2D eigenvalue weighted by Crippen LogP contribution is -2.22. The number of carbonyl (C=O) groups excluding carboxylic acids is 1. The van der Waals surface area contributed by atoms with Crippen LogP contribution in [0.15, 0.2) is 48.5 Å². The van der Waals surface area contributed by atoms with E-state index in [9.17, 15) is 14.0 Å². The molecule has 0 spiro atoms. The maximum absolute atomic E-state index is 12.9. The molecule has 2 N–H and O–H groups in total. The van der Waals surface area contributed by atoms with Gasteiger partial charge in [0.05, 0.1) is 10.6 Å². The van der Waals surface area contributed by atoms with Gasteiger partial charge in [0.2, 0.25) is 5.01 Å². The van der Waals surface area contributed by atoms with Gasteiger partial charge in [-0.1, -0.05) is 47.2 Å². The van der Waals surface area contributed by atoms with Crippen LogP contribution in [0, 0.1) is 5.82 Å². The fourth-order valence-electron chi connectivity index (χ4n) is 2.20. The van der Waals surface area contributed by atoms with Gasteiger partial charge in [0.15, 0.2) is 5.01 Å². The fourth-order valence-corrected chi connectivity index (χ4v) is 3.15. The first kappa shape index (κ1) is 19.7. The smallest absolute Gasteiger partial charge is 0.335 e. The van der Waals surface area contributed by atoms with Crippen molar-refractivity contribution in [2.45, 2.75) is 6.54 Å². The van der Waals surface area contributed by atoms with Crippen LogP contribution in [-0.4, -0.2) is 27.2 Å². The summed E-state index contributed by atoms with van der Waals surface area (Å²) in [7, 11) is 0. The summed E-state index contributed by atoms with van der Waals surface area (Å²) in [5, 5.41) is 20.1. The van der Waals surface area contributed by atoms with E-state index in [1.165, 1.54) is 24.3 Å². The van der Waals surface area contributed by atoms with Crippen molar-refractivity contribution in [2.75, 3.05) is 0 Å². The van der Waals surface area contributed by atoms with Crippen molar-refractivity contribution in [1.82, 2.24) is 15.5 Å². The van der Waals surface area contributed by atoms with E-state index in [1.54, 1.807) is 30.3 Å².